The lowest BCUT2D eigenvalue weighted by molar-refractivity contribution is -0.167. The second kappa shape index (κ2) is 40.9. The molecule has 0 aromatic heterocycles. The van der Waals surface area contributed by atoms with Gasteiger partial charge in [-0.3, -0.25) is 14.4 Å². The fourth-order valence-electron chi connectivity index (χ4n) is 5.54. The van der Waals surface area contributed by atoms with E-state index in [4.69, 9.17) is 14.2 Å². The lowest BCUT2D eigenvalue weighted by Crippen LogP contribution is -2.30. The van der Waals surface area contributed by atoms with Crippen LogP contribution < -0.4 is 0 Å². The molecule has 0 aromatic carbocycles. The van der Waals surface area contributed by atoms with E-state index in [0.717, 1.165) is 103 Å². The fourth-order valence-corrected chi connectivity index (χ4v) is 5.54. The number of hydrogen-bond acceptors (Lipinski definition) is 6. The molecule has 0 N–H and O–H groups in total. The maximum Gasteiger partial charge on any atom is 0.306 e. The van der Waals surface area contributed by atoms with Crippen molar-refractivity contribution in [1.29, 1.82) is 0 Å². The first kappa shape index (κ1) is 49.1. The summed E-state index contributed by atoms with van der Waals surface area (Å²) in [6.45, 7) is 6.36. The zero-order valence-corrected chi connectivity index (χ0v) is 33.8. The Morgan fingerprint density at radius 1 is 0.404 bits per heavy atom. The Labute approximate surface area is 320 Å². The summed E-state index contributed by atoms with van der Waals surface area (Å²) in [5.74, 6) is -0.965. The Bertz CT molecular complexity index is 975. The molecule has 0 radical (unpaired) electrons. The number of carbonyl (C=O) groups is 3. The van der Waals surface area contributed by atoms with Gasteiger partial charge in [-0.05, 0) is 83.5 Å². The molecule has 0 spiro atoms. The highest BCUT2D eigenvalue weighted by Gasteiger charge is 2.19. The highest BCUT2D eigenvalue weighted by atomic mass is 16.6. The van der Waals surface area contributed by atoms with Gasteiger partial charge in [-0.1, -0.05) is 152 Å². The van der Waals surface area contributed by atoms with Crippen LogP contribution in [0.3, 0.4) is 0 Å². The summed E-state index contributed by atoms with van der Waals surface area (Å²) >= 11 is 0. The van der Waals surface area contributed by atoms with Gasteiger partial charge in [0.2, 0.25) is 0 Å². The van der Waals surface area contributed by atoms with E-state index < -0.39 is 6.10 Å². The van der Waals surface area contributed by atoms with E-state index in [2.05, 4.69) is 81.5 Å². The van der Waals surface area contributed by atoms with E-state index in [1.807, 2.05) is 0 Å². The van der Waals surface area contributed by atoms with Gasteiger partial charge in [-0.25, -0.2) is 0 Å². The molecule has 0 aliphatic carbocycles. The van der Waals surface area contributed by atoms with E-state index in [-0.39, 0.29) is 31.1 Å². The molecule has 0 heterocycles. The maximum atomic E-state index is 12.6. The largest absolute Gasteiger partial charge is 0.462 e. The van der Waals surface area contributed by atoms with Crippen molar-refractivity contribution in [2.75, 3.05) is 13.2 Å². The van der Waals surface area contributed by atoms with Crippen molar-refractivity contribution < 1.29 is 28.6 Å². The average molecular weight is 727 g/mol. The number of ether oxygens (including phenoxy) is 3. The molecule has 0 bridgehead atoms. The second-order valence-corrected chi connectivity index (χ2v) is 13.9. The molecule has 0 aliphatic rings. The van der Waals surface area contributed by atoms with E-state index in [0.29, 0.717) is 19.3 Å². The maximum absolute atomic E-state index is 12.6. The van der Waals surface area contributed by atoms with Crippen LogP contribution in [0.2, 0.25) is 0 Å². The van der Waals surface area contributed by atoms with E-state index in [1.54, 1.807) is 0 Å². The first-order chi connectivity index (χ1) is 25.5. The van der Waals surface area contributed by atoms with Crippen molar-refractivity contribution in [1.82, 2.24) is 0 Å². The topological polar surface area (TPSA) is 78.9 Å². The number of allylic oxidation sites excluding steroid dienone is 10. The third kappa shape index (κ3) is 38.3. The second-order valence-electron chi connectivity index (χ2n) is 13.9. The number of esters is 3. The summed E-state index contributed by atoms with van der Waals surface area (Å²) in [6, 6.07) is 0. The first-order valence-corrected chi connectivity index (χ1v) is 21.3. The summed E-state index contributed by atoms with van der Waals surface area (Å²) in [5, 5.41) is 0. The third-order valence-corrected chi connectivity index (χ3v) is 8.76. The zero-order valence-electron chi connectivity index (χ0n) is 33.8. The van der Waals surface area contributed by atoms with Crippen molar-refractivity contribution >= 4 is 17.9 Å². The molecule has 0 aromatic rings. The van der Waals surface area contributed by atoms with Crippen LogP contribution in [0.1, 0.15) is 194 Å². The minimum atomic E-state index is -0.789. The molecule has 0 amide bonds. The van der Waals surface area contributed by atoms with Gasteiger partial charge >= 0.3 is 17.9 Å². The van der Waals surface area contributed by atoms with Crippen LogP contribution in [0.25, 0.3) is 0 Å². The van der Waals surface area contributed by atoms with Gasteiger partial charge in [-0.15, -0.1) is 0 Å². The van der Waals surface area contributed by atoms with Gasteiger partial charge in [0.05, 0.1) is 0 Å². The zero-order chi connectivity index (χ0) is 38.0. The Morgan fingerprint density at radius 3 is 1.23 bits per heavy atom. The summed E-state index contributed by atoms with van der Waals surface area (Å²) in [5.41, 5.74) is 0. The number of carbonyl (C=O) groups excluding carboxylic acids is 3. The standard InChI is InChI=1S/C46H78O6/c1-4-7-10-13-15-17-19-21-23-25-26-28-30-33-36-39-45(48)51-42-43(41-50-44(47)38-35-32-12-9-6-3)52-46(49)40-37-34-31-29-27-24-22-20-18-16-14-11-8-5-2/h7,10,15,17,20-23,26,28,43H,4-6,8-9,11-14,16,18-19,24-25,27,29-42H2,1-3H3/b10-7-,17-15-,22-20-,23-21-,28-26-. The molecule has 6 heteroatoms. The summed E-state index contributed by atoms with van der Waals surface area (Å²) in [7, 11) is 0. The minimum absolute atomic E-state index is 0.0924. The SMILES string of the molecule is CC/C=C\C/C=C\C/C=C\C/C=C\CCCCC(=O)OCC(COC(=O)CCCCCCC)OC(=O)CCCCCCC/C=C\CCCCCCC. The average Bonchev–Trinajstić information content (AvgIpc) is 3.14. The molecule has 0 aliphatic heterocycles. The van der Waals surface area contributed by atoms with Gasteiger partial charge in [0.1, 0.15) is 13.2 Å². The highest BCUT2D eigenvalue weighted by molar-refractivity contribution is 5.71. The molecule has 0 saturated carbocycles. The number of rotatable bonds is 37. The Kier molecular flexibility index (Phi) is 38.6. The van der Waals surface area contributed by atoms with Crippen molar-refractivity contribution in [2.24, 2.45) is 0 Å². The lowest BCUT2D eigenvalue weighted by atomic mass is 10.1. The highest BCUT2D eigenvalue weighted by Crippen LogP contribution is 2.12. The van der Waals surface area contributed by atoms with Gasteiger partial charge in [0.15, 0.2) is 6.10 Å². The third-order valence-electron chi connectivity index (χ3n) is 8.76. The smallest absolute Gasteiger partial charge is 0.306 e. The van der Waals surface area contributed by atoms with Gasteiger partial charge in [0, 0.05) is 19.3 Å². The Balaban J connectivity index is 4.35. The molecule has 1 atom stereocenters. The molecule has 52 heavy (non-hydrogen) atoms. The van der Waals surface area contributed by atoms with Crippen LogP contribution in [0.15, 0.2) is 60.8 Å². The minimum Gasteiger partial charge on any atom is -0.462 e. The number of hydrogen-bond donors (Lipinski definition) is 0. The number of unbranched alkanes of at least 4 members (excludes halogenated alkanes) is 16. The predicted molar refractivity (Wildman–Crippen MR) is 219 cm³/mol. The van der Waals surface area contributed by atoms with Gasteiger partial charge < -0.3 is 14.2 Å². The Morgan fingerprint density at radius 2 is 0.750 bits per heavy atom. The monoisotopic (exact) mass is 727 g/mol. The van der Waals surface area contributed by atoms with E-state index in [1.165, 1.54) is 51.4 Å². The molecular weight excluding hydrogens is 648 g/mol. The van der Waals surface area contributed by atoms with Crippen molar-refractivity contribution in [3.8, 4) is 0 Å². The predicted octanol–water partition coefficient (Wildman–Crippen LogP) is 13.4. The van der Waals surface area contributed by atoms with Crippen LogP contribution in [0.5, 0.6) is 0 Å². The van der Waals surface area contributed by atoms with E-state index >= 15 is 0 Å². The molecular formula is C46H78O6. The molecule has 6 nitrogen and oxygen atoms in total. The van der Waals surface area contributed by atoms with Gasteiger partial charge in [-0.2, -0.15) is 0 Å². The van der Waals surface area contributed by atoms with Crippen LogP contribution in [-0.4, -0.2) is 37.2 Å². The van der Waals surface area contributed by atoms with Crippen molar-refractivity contribution in [3.05, 3.63) is 60.8 Å². The summed E-state index contributed by atoms with van der Waals surface area (Å²) < 4.78 is 16.5. The van der Waals surface area contributed by atoms with E-state index in [9.17, 15) is 14.4 Å². The fraction of sp³-hybridized carbons (Fsp3) is 0.717. The van der Waals surface area contributed by atoms with Crippen LogP contribution >= 0.6 is 0 Å². The summed E-state index contributed by atoms with van der Waals surface area (Å²) in [6.07, 6.45) is 48.0. The molecule has 0 saturated heterocycles. The van der Waals surface area contributed by atoms with Crippen LogP contribution in [0.4, 0.5) is 0 Å². The van der Waals surface area contributed by atoms with Crippen molar-refractivity contribution in [2.45, 2.75) is 200 Å². The molecule has 1 unspecified atom stereocenters. The Hall–Kier alpha value is -2.89. The molecule has 0 rings (SSSR count). The van der Waals surface area contributed by atoms with Crippen molar-refractivity contribution in [3.63, 3.8) is 0 Å². The first-order valence-electron chi connectivity index (χ1n) is 21.3. The lowest BCUT2D eigenvalue weighted by Gasteiger charge is -2.18. The molecule has 298 valence electrons. The normalized spacial score (nSPS) is 12.6. The van der Waals surface area contributed by atoms with Crippen LogP contribution in [-0.2, 0) is 28.6 Å². The van der Waals surface area contributed by atoms with Crippen LogP contribution in [0, 0.1) is 0 Å². The van der Waals surface area contributed by atoms with Gasteiger partial charge in [0.25, 0.3) is 0 Å². The quantitative estimate of drug-likeness (QED) is 0.0274. The summed E-state index contributed by atoms with van der Waals surface area (Å²) in [4.78, 5) is 37.4. The molecule has 0 fully saturated rings.